The number of rotatable bonds is 3. The first-order valence-corrected chi connectivity index (χ1v) is 4.63. The van der Waals surface area contributed by atoms with E-state index in [1.165, 1.54) is 26.4 Å². The van der Waals surface area contributed by atoms with Gasteiger partial charge in [-0.05, 0) is 12.1 Å². The zero-order valence-electron chi connectivity index (χ0n) is 9.39. The fourth-order valence-corrected chi connectivity index (χ4v) is 1.19. The first kappa shape index (κ1) is 12.6. The molecule has 0 bridgehead atoms. The van der Waals surface area contributed by atoms with Crippen molar-refractivity contribution in [2.45, 2.75) is 6.54 Å². The van der Waals surface area contributed by atoms with Crippen LogP contribution in [0.1, 0.15) is 26.5 Å². The lowest BCUT2D eigenvalue weighted by molar-refractivity contribution is 0.0585. The van der Waals surface area contributed by atoms with Gasteiger partial charge in [0.2, 0.25) is 6.54 Å². The van der Waals surface area contributed by atoms with Crippen molar-refractivity contribution in [2.24, 2.45) is 0 Å². The molecule has 1 heterocycles. The van der Waals surface area contributed by atoms with Crippen LogP contribution in [0.4, 0.5) is 0 Å². The van der Waals surface area contributed by atoms with Crippen molar-refractivity contribution in [1.82, 2.24) is 4.98 Å². The molecule has 0 amide bonds. The molecule has 0 saturated carbocycles. The molecule has 0 atom stereocenters. The van der Waals surface area contributed by atoms with Crippen molar-refractivity contribution in [3.8, 4) is 0 Å². The van der Waals surface area contributed by atoms with Crippen molar-refractivity contribution in [2.75, 3.05) is 14.2 Å². The largest absolute Gasteiger partial charge is 0.464 e. The molecule has 0 aliphatic rings. The number of esters is 2. The second kappa shape index (κ2) is 5.61. The van der Waals surface area contributed by atoms with Crippen LogP contribution in [0.15, 0.2) is 12.1 Å². The zero-order chi connectivity index (χ0) is 12.8. The summed E-state index contributed by atoms with van der Waals surface area (Å²) in [6.07, 6.45) is 0. The van der Waals surface area contributed by atoms with Gasteiger partial charge < -0.3 is 14.3 Å². The van der Waals surface area contributed by atoms with Crippen LogP contribution in [0.3, 0.4) is 0 Å². The number of carbonyl (C=O) groups is 2. The second-order valence-corrected chi connectivity index (χ2v) is 3.00. The van der Waals surface area contributed by atoms with Gasteiger partial charge in [-0.25, -0.2) is 21.1 Å². The molecular weight excluding hydrogens is 224 g/mol. The van der Waals surface area contributed by atoms with Crippen molar-refractivity contribution < 1.29 is 19.1 Å². The Morgan fingerprint density at radius 1 is 1.29 bits per heavy atom. The number of nitrogens with zero attached hydrogens (tertiary/aromatic N) is 2. The number of pyridine rings is 1. The van der Waals surface area contributed by atoms with Gasteiger partial charge in [0.1, 0.15) is 5.69 Å². The number of hydrogen-bond acceptors (Lipinski definition) is 5. The highest BCUT2D eigenvalue weighted by atomic mass is 16.5. The minimum atomic E-state index is -0.686. The molecule has 6 nitrogen and oxygen atoms in total. The van der Waals surface area contributed by atoms with Crippen molar-refractivity contribution in [3.63, 3.8) is 0 Å². The van der Waals surface area contributed by atoms with E-state index in [4.69, 9.17) is 6.57 Å². The van der Waals surface area contributed by atoms with Crippen LogP contribution in [0.5, 0.6) is 0 Å². The number of carbonyl (C=O) groups excluding carboxylic acids is 2. The van der Waals surface area contributed by atoms with Crippen molar-refractivity contribution in [1.29, 1.82) is 0 Å². The molecule has 0 unspecified atom stereocenters. The Bertz CT molecular complexity index is 491. The van der Waals surface area contributed by atoms with E-state index in [0.717, 1.165) is 0 Å². The van der Waals surface area contributed by atoms with Gasteiger partial charge in [0.15, 0.2) is 5.69 Å². The predicted molar refractivity (Wildman–Crippen MR) is 57.2 cm³/mol. The first-order chi connectivity index (χ1) is 8.13. The van der Waals surface area contributed by atoms with E-state index in [1.54, 1.807) is 0 Å². The SMILES string of the molecule is [C-]#[N+]Cc1ccc(C(=O)OC)nc1C(=O)OC. The molecule has 1 aromatic heterocycles. The van der Waals surface area contributed by atoms with E-state index < -0.39 is 11.9 Å². The van der Waals surface area contributed by atoms with Crippen LogP contribution >= 0.6 is 0 Å². The predicted octanol–water partition coefficient (Wildman–Crippen LogP) is 1.07. The van der Waals surface area contributed by atoms with Gasteiger partial charge in [-0.3, -0.25) is 0 Å². The lowest BCUT2D eigenvalue weighted by Crippen LogP contribution is -2.13. The average Bonchev–Trinajstić information content (AvgIpc) is 2.37. The lowest BCUT2D eigenvalue weighted by atomic mass is 10.1. The maximum Gasteiger partial charge on any atom is 0.357 e. The summed E-state index contributed by atoms with van der Waals surface area (Å²) in [5, 5.41) is 0. The van der Waals surface area contributed by atoms with E-state index >= 15 is 0 Å². The Labute approximate surface area is 98.0 Å². The summed E-state index contributed by atoms with van der Waals surface area (Å²) in [6, 6.07) is 2.89. The van der Waals surface area contributed by atoms with Crippen LogP contribution in [0.2, 0.25) is 0 Å². The van der Waals surface area contributed by atoms with Gasteiger partial charge >= 0.3 is 11.9 Å². The molecule has 0 fully saturated rings. The van der Waals surface area contributed by atoms with Gasteiger partial charge in [0.25, 0.3) is 0 Å². The maximum atomic E-state index is 11.4. The first-order valence-electron chi connectivity index (χ1n) is 4.63. The summed E-state index contributed by atoms with van der Waals surface area (Å²) in [4.78, 5) is 29.7. The molecule has 0 aliphatic heterocycles. The standard InChI is InChI=1S/C11H10N2O4/c1-12-6-7-4-5-8(10(14)16-2)13-9(7)11(15)17-3/h4-5H,6H2,2-3H3. The highest BCUT2D eigenvalue weighted by Crippen LogP contribution is 2.11. The molecule has 0 N–H and O–H groups in total. The average molecular weight is 234 g/mol. The maximum absolute atomic E-state index is 11.4. The molecule has 6 heteroatoms. The van der Waals surface area contributed by atoms with Gasteiger partial charge in [-0.2, -0.15) is 0 Å². The van der Waals surface area contributed by atoms with Crippen LogP contribution < -0.4 is 0 Å². The van der Waals surface area contributed by atoms with Gasteiger partial charge in [-0.1, -0.05) is 0 Å². The lowest BCUT2D eigenvalue weighted by Gasteiger charge is -2.04. The van der Waals surface area contributed by atoms with Crippen LogP contribution in [-0.2, 0) is 16.0 Å². The number of methoxy groups -OCH3 is 2. The summed E-state index contributed by atoms with van der Waals surface area (Å²) < 4.78 is 9.03. The monoisotopic (exact) mass is 234 g/mol. The molecule has 0 spiro atoms. The number of hydrogen-bond donors (Lipinski definition) is 0. The molecule has 88 valence electrons. The Balaban J connectivity index is 3.24. The highest BCUT2D eigenvalue weighted by Gasteiger charge is 2.19. The summed E-state index contributed by atoms with van der Waals surface area (Å²) in [6.45, 7) is 6.76. The van der Waals surface area contributed by atoms with E-state index in [1.807, 2.05) is 0 Å². The number of aromatic nitrogens is 1. The Morgan fingerprint density at radius 2 is 1.94 bits per heavy atom. The van der Waals surface area contributed by atoms with Crippen molar-refractivity contribution in [3.05, 3.63) is 40.5 Å². The Kier molecular flexibility index (Phi) is 4.17. The minimum absolute atomic E-state index is 0.00111. The molecule has 0 radical (unpaired) electrons. The molecule has 0 saturated heterocycles. The number of ether oxygens (including phenoxy) is 2. The van der Waals surface area contributed by atoms with E-state index in [9.17, 15) is 9.59 Å². The smallest absolute Gasteiger partial charge is 0.357 e. The summed E-state index contributed by atoms with van der Waals surface area (Å²) >= 11 is 0. The normalized spacial score (nSPS) is 9.24. The highest BCUT2D eigenvalue weighted by molar-refractivity contribution is 5.92. The topological polar surface area (TPSA) is 69.8 Å². The van der Waals surface area contributed by atoms with E-state index in [0.29, 0.717) is 5.56 Å². The van der Waals surface area contributed by atoms with Crippen molar-refractivity contribution >= 4 is 11.9 Å². The molecule has 0 aliphatic carbocycles. The quantitative estimate of drug-likeness (QED) is 0.578. The third kappa shape index (κ3) is 2.78. The minimum Gasteiger partial charge on any atom is -0.464 e. The fourth-order valence-electron chi connectivity index (χ4n) is 1.19. The van der Waals surface area contributed by atoms with Crippen LogP contribution in [0.25, 0.3) is 4.85 Å². The molecule has 1 rings (SSSR count). The summed E-state index contributed by atoms with van der Waals surface area (Å²) in [5.41, 5.74) is 0.382. The zero-order valence-corrected chi connectivity index (χ0v) is 9.39. The summed E-state index contributed by atoms with van der Waals surface area (Å²) in [7, 11) is 2.42. The van der Waals surface area contributed by atoms with Gasteiger partial charge in [-0.15, -0.1) is 0 Å². The second-order valence-electron chi connectivity index (χ2n) is 3.00. The van der Waals surface area contributed by atoms with Crippen LogP contribution in [-0.4, -0.2) is 31.1 Å². The Hall–Kier alpha value is -2.42. The molecule has 0 aromatic carbocycles. The van der Waals surface area contributed by atoms with Crippen LogP contribution in [0, 0.1) is 6.57 Å². The molecular formula is C11H10N2O4. The van der Waals surface area contributed by atoms with E-state index in [-0.39, 0.29) is 17.9 Å². The molecule has 17 heavy (non-hydrogen) atoms. The third-order valence-electron chi connectivity index (χ3n) is 2.00. The van der Waals surface area contributed by atoms with Gasteiger partial charge in [0, 0.05) is 0 Å². The third-order valence-corrected chi connectivity index (χ3v) is 2.00. The van der Waals surface area contributed by atoms with Gasteiger partial charge in [0.05, 0.1) is 19.8 Å². The van der Waals surface area contributed by atoms with E-state index in [2.05, 4.69) is 19.3 Å². The summed E-state index contributed by atoms with van der Waals surface area (Å²) in [5.74, 6) is -1.33. The fraction of sp³-hybridized carbons (Fsp3) is 0.273. The Morgan fingerprint density at radius 3 is 2.47 bits per heavy atom. The molecule has 1 aromatic rings.